The minimum atomic E-state index is -0.360. The summed E-state index contributed by atoms with van der Waals surface area (Å²) in [6.45, 7) is 2.73. The first-order chi connectivity index (χ1) is 11.1. The highest BCUT2D eigenvalue weighted by Crippen LogP contribution is 2.29. The van der Waals surface area contributed by atoms with Crippen LogP contribution in [0.2, 0.25) is 0 Å². The summed E-state index contributed by atoms with van der Waals surface area (Å²) in [6.07, 6.45) is 5.53. The van der Waals surface area contributed by atoms with Crippen molar-refractivity contribution in [3.05, 3.63) is 35.9 Å². The van der Waals surface area contributed by atoms with E-state index in [0.717, 1.165) is 18.4 Å². The summed E-state index contributed by atoms with van der Waals surface area (Å²) < 4.78 is 0. The van der Waals surface area contributed by atoms with Crippen LogP contribution in [-0.2, 0) is 4.84 Å². The lowest BCUT2D eigenvalue weighted by atomic mass is 9.96. The minimum Gasteiger partial charge on any atom is -0.335 e. The number of benzene rings is 1. The van der Waals surface area contributed by atoms with Gasteiger partial charge in [0.05, 0.1) is 6.04 Å². The maximum Gasteiger partial charge on any atom is 0.320 e. The van der Waals surface area contributed by atoms with E-state index >= 15 is 0 Å². The lowest BCUT2D eigenvalue weighted by Crippen LogP contribution is -2.56. The summed E-state index contributed by atoms with van der Waals surface area (Å²) in [4.78, 5) is 20.7. The molecule has 2 fully saturated rings. The molecule has 2 atom stereocenters. The van der Waals surface area contributed by atoms with Gasteiger partial charge in [0.15, 0.2) is 6.23 Å². The molecule has 1 aromatic rings. The first-order valence-corrected chi connectivity index (χ1v) is 8.67. The molecule has 5 heteroatoms. The molecular weight excluding hydrogens is 290 g/mol. The van der Waals surface area contributed by atoms with Crippen molar-refractivity contribution in [1.29, 1.82) is 0 Å². The number of nitrogens with one attached hydrogen (secondary N) is 1. The highest BCUT2D eigenvalue weighted by atomic mass is 16.7. The van der Waals surface area contributed by atoms with Crippen LogP contribution in [0.25, 0.3) is 0 Å². The highest BCUT2D eigenvalue weighted by Gasteiger charge is 2.35. The lowest BCUT2D eigenvalue weighted by molar-refractivity contribution is -0.273. The zero-order valence-corrected chi connectivity index (χ0v) is 14.1. The second-order valence-electron chi connectivity index (χ2n) is 6.70. The van der Waals surface area contributed by atoms with Crippen molar-refractivity contribution < 1.29 is 9.63 Å². The summed E-state index contributed by atoms with van der Waals surface area (Å²) in [7, 11) is 1.93. The van der Waals surface area contributed by atoms with Gasteiger partial charge in [0.2, 0.25) is 0 Å². The Morgan fingerprint density at radius 3 is 2.57 bits per heavy atom. The number of nitrogens with zero attached hydrogens (tertiary/aromatic N) is 2. The minimum absolute atomic E-state index is 0.00861. The molecule has 1 saturated heterocycles. The van der Waals surface area contributed by atoms with Crippen LogP contribution >= 0.6 is 0 Å². The average Bonchev–Trinajstić information content (AvgIpc) is 2.58. The Balaban J connectivity index is 1.74. The van der Waals surface area contributed by atoms with Gasteiger partial charge < -0.3 is 5.32 Å². The largest absolute Gasteiger partial charge is 0.335 e. The fraction of sp³-hybridized carbons (Fsp3) is 0.611. The van der Waals surface area contributed by atoms with Gasteiger partial charge in [-0.1, -0.05) is 49.6 Å². The second-order valence-corrected chi connectivity index (χ2v) is 6.70. The highest BCUT2D eigenvalue weighted by molar-refractivity contribution is 5.75. The van der Waals surface area contributed by atoms with E-state index in [9.17, 15) is 4.79 Å². The monoisotopic (exact) mass is 317 g/mol. The molecule has 5 nitrogen and oxygen atoms in total. The van der Waals surface area contributed by atoms with E-state index in [1.54, 1.807) is 0 Å². The molecule has 0 aromatic heterocycles. The molecule has 23 heavy (non-hydrogen) atoms. The molecule has 1 saturated carbocycles. The van der Waals surface area contributed by atoms with Crippen LogP contribution in [0.1, 0.15) is 50.8 Å². The fourth-order valence-electron chi connectivity index (χ4n) is 3.37. The van der Waals surface area contributed by atoms with Gasteiger partial charge in [0.1, 0.15) is 0 Å². The Kier molecular flexibility index (Phi) is 5.18. The molecule has 126 valence electrons. The lowest BCUT2D eigenvalue weighted by Gasteiger charge is -2.43. The third-order valence-electron chi connectivity index (χ3n) is 4.91. The third kappa shape index (κ3) is 3.85. The van der Waals surface area contributed by atoms with Crippen molar-refractivity contribution >= 4 is 6.03 Å². The van der Waals surface area contributed by atoms with Gasteiger partial charge in [0, 0.05) is 25.2 Å². The van der Waals surface area contributed by atoms with Crippen LogP contribution in [-0.4, -0.2) is 41.7 Å². The molecule has 2 unspecified atom stereocenters. The SMILES string of the molecule is CC1CN(C(=O)NC2CCCCC2)C(c2ccccc2)ON1C. The molecule has 1 aromatic carbocycles. The van der Waals surface area contributed by atoms with Crippen molar-refractivity contribution in [1.82, 2.24) is 15.3 Å². The summed E-state index contributed by atoms with van der Waals surface area (Å²) in [5.74, 6) is 0. The Hall–Kier alpha value is -1.59. The molecule has 1 heterocycles. The molecule has 1 N–H and O–H groups in total. The van der Waals surface area contributed by atoms with E-state index in [4.69, 9.17) is 4.84 Å². The van der Waals surface area contributed by atoms with Crippen molar-refractivity contribution in [3.8, 4) is 0 Å². The quantitative estimate of drug-likeness (QED) is 0.910. The number of likely N-dealkylation sites (N-methyl/N-ethyl adjacent to an activating group) is 1. The number of carbonyl (C=O) groups excluding carboxylic acids is 1. The maximum absolute atomic E-state index is 12.8. The topological polar surface area (TPSA) is 44.8 Å². The summed E-state index contributed by atoms with van der Waals surface area (Å²) in [5, 5.41) is 5.06. The molecule has 0 bridgehead atoms. The van der Waals surface area contributed by atoms with E-state index in [1.807, 2.05) is 47.3 Å². The number of rotatable bonds is 2. The number of urea groups is 1. The van der Waals surface area contributed by atoms with E-state index in [1.165, 1.54) is 19.3 Å². The Labute approximate surface area is 138 Å². The summed E-state index contributed by atoms with van der Waals surface area (Å²) in [5.41, 5.74) is 1.00. The zero-order chi connectivity index (χ0) is 16.2. The molecular formula is C18H27N3O2. The normalized spacial score (nSPS) is 27.0. The molecule has 1 aliphatic heterocycles. The summed E-state index contributed by atoms with van der Waals surface area (Å²) >= 11 is 0. The molecule has 3 rings (SSSR count). The number of hydrogen-bond donors (Lipinski definition) is 1. The number of carbonyl (C=O) groups is 1. The predicted molar refractivity (Wildman–Crippen MR) is 89.6 cm³/mol. The van der Waals surface area contributed by atoms with Crippen LogP contribution in [0, 0.1) is 0 Å². The van der Waals surface area contributed by atoms with Gasteiger partial charge in [-0.25, -0.2) is 4.79 Å². The Bertz CT molecular complexity index is 516. The third-order valence-corrected chi connectivity index (χ3v) is 4.91. The van der Waals surface area contributed by atoms with E-state index in [2.05, 4.69) is 12.2 Å². The van der Waals surface area contributed by atoms with Crippen LogP contribution in [0.4, 0.5) is 4.79 Å². The van der Waals surface area contributed by atoms with Gasteiger partial charge >= 0.3 is 6.03 Å². The van der Waals surface area contributed by atoms with Crippen molar-refractivity contribution in [2.24, 2.45) is 0 Å². The fourth-order valence-corrected chi connectivity index (χ4v) is 3.37. The van der Waals surface area contributed by atoms with Crippen LogP contribution in [0.5, 0.6) is 0 Å². The van der Waals surface area contributed by atoms with Crippen molar-refractivity contribution in [2.75, 3.05) is 13.6 Å². The van der Waals surface area contributed by atoms with Gasteiger partial charge in [0.25, 0.3) is 0 Å². The van der Waals surface area contributed by atoms with Gasteiger partial charge in [-0.2, -0.15) is 5.06 Å². The summed E-state index contributed by atoms with van der Waals surface area (Å²) in [6, 6.07) is 10.4. The zero-order valence-electron chi connectivity index (χ0n) is 14.1. The first kappa shape index (κ1) is 16.3. The smallest absolute Gasteiger partial charge is 0.320 e. The average molecular weight is 317 g/mol. The number of hydrogen-bond acceptors (Lipinski definition) is 3. The molecule has 0 spiro atoms. The molecule has 2 amide bonds. The first-order valence-electron chi connectivity index (χ1n) is 8.67. The van der Waals surface area contributed by atoms with Gasteiger partial charge in [-0.15, -0.1) is 0 Å². The molecule has 2 aliphatic rings. The Morgan fingerprint density at radius 2 is 1.87 bits per heavy atom. The van der Waals surface area contributed by atoms with Crippen LogP contribution < -0.4 is 5.32 Å². The Morgan fingerprint density at radius 1 is 1.17 bits per heavy atom. The van der Waals surface area contributed by atoms with Crippen LogP contribution in [0.15, 0.2) is 30.3 Å². The van der Waals surface area contributed by atoms with Gasteiger partial charge in [-0.05, 0) is 19.8 Å². The van der Waals surface area contributed by atoms with E-state index in [0.29, 0.717) is 12.6 Å². The molecule has 0 radical (unpaired) electrons. The number of hydroxylamine groups is 2. The van der Waals surface area contributed by atoms with Crippen molar-refractivity contribution in [3.63, 3.8) is 0 Å². The maximum atomic E-state index is 12.8. The van der Waals surface area contributed by atoms with E-state index < -0.39 is 0 Å². The standard InChI is InChI=1S/C18H27N3O2/c1-14-13-21(18(22)19-16-11-7-4-8-12-16)17(23-20(14)2)15-9-5-3-6-10-15/h3,5-6,9-10,14,16-17H,4,7-8,11-13H2,1-2H3,(H,19,22). The predicted octanol–water partition coefficient (Wildman–Crippen LogP) is 3.30. The van der Waals surface area contributed by atoms with Gasteiger partial charge in [-0.3, -0.25) is 9.74 Å². The van der Waals surface area contributed by atoms with Crippen LogP contribution in [0.3, 0.4) is 0 Å². The number of amides is 2. The molecule has 1 aliphatic carbocycles. The van der Waals surface area contributed by atoms with Crippen molar-refractivity contribution in [2.45, 2.75) is 57.3 Å². The second kappa shape index (κ2) is 7.32. The van der Waals surface area contributed by atoms with E-state index in [-0.39, 0.29) is 18.3 Å².